The summed E-state index contributed by atoms with van der Waals surface area (Å²) in [5.74, 6) is -1.04. The fourth-order valence-corrected chi connectivity index (χ4v) is 1.78. The molecule has 0 radical (unpaired) electrons. The van der Waals surface area contributed by atoms with E-state index < -0.39 is 12.1 Å². The minimum Gasteiger partial charge on any atom is -0.478 e. The standard InChI is InChI=1S/C11H11Cl3O3/c1-5(2)10(11(15)16)17-9-4-7(13)6(12)3-8(9)14/h3-5,10H,1-2H3,(H,15,16). The fraction of sp³-hybridized carbons (Fsp3) is 0.364. The highest BCUT2D eigenvalue weighted by Crippen LogP contribution is 2.34. The molecule has 94 valence electrons. The molecule has 1 unspecified atom stereocenters. The van der Waals surface area contributed by atoms with E-state index >= 15 is 0 Å². The molecule has 1 rings (SSSR count). The third-order valence-electron chi connectivity index (χ3n) is 2.08. The van der Waals surface area contributed by atoms with Gasteiger partial charge in [0.15, 0.2) is 6.10 Å². The van der Waals surface area contributed by atoms with Gasteiger partial charge in [-0.2, -0.15) is 0 Å². The van der Waals surface area contributed by atoms with Crippen molar-refractivity contribution in [1.82, 2.24) is 0 Å². The molecule has 0 aliphatic heterocycles. The van der Waals surface area contributed by atoms with Crippen LogP contribution < -0.4 is 4.74 Å². The monoisotopic (exact) mass is 296 g/mol. The van der Waals surface area contributed by atoms with Crippen LogP contribution in [0.2, 0.25) is 15.1 Å². The van der Waals surface area contributed by atoms with E-state index in [4.69, 9.17) is 44.6 Å². The third kappa shape index (κ3) is 3.66. The summed E-state index contributed by atoms with van der Waals surface area (Å²) >= 11 is 17.5. The third-order valence-corrected chi connectivity index (χ3v) is 3.10. The van der Waals surface area contributed by atoms with Crippen LogP contribution in [-0.4, -0.2) is 17.2 Å². The van der Waals surface area contributed by atoms with Gasteiger partial charge in [0, 0.05) is 12.0 Å². The van der Waals surface area contributed by atoms with Gasteiger partial charge in [0.05, 0.1) is 15.1 Å². The predicted octanol–water partition coefficient (Wildman–Crippen LogP) is 4.13. The SMILES string of the molecule is CC(C)C(Oc1cc(Cl)c(Cl)cc1Cl)C(=O)O. The summed E-state index contributed by atoms with van der Waals surface area (Å²) in [6.45, 7) is 3.48. The smallest absolute Gasteiger partial charge is 0.345 e. The lowest BCUT2D eigenvalue weighted by Crippen LogP contribution is -2.32. The molecule has 0 amide bonds. The number of benzene rings is 1. The first kappa shape index (κ1) is 14.4. The summed E-state index contributed by atoms with van der Waals surface area (Å²) < 4.78 is 5.33. The van der Waals surface area contributed by atoms with E-state index in [1.54, 1.807) is 13.8 Å². The zero-order valence-corrected chi connectivity index (χ0v) is 11.5. The average Bonchev–Trinajstić information content (AvgIpc) is 2.20. The number of carbonyl (C=O) groups is 1. The molecule has 3 nitrogen and oxygen atoms in total. The van der Waals surface area contributed by atoms with Gasteiger partial charge in [-0.1, -0.05) is 48.7 Å². The number of ether oxygens (including phenoxy) is 1. The van der Waals surface area contributed by atoms with E-state index in [1.165, 1.54) is 12.1 Å². The second-order valence-electron chi connectivity index (χ2n) is 3.82. The summed E-state index contributed by atoms with van der Waals surface area (Å²) in [6.07, 6.45) is -0.982. The zero-order chi connectivity index (χ0) is 13.2. The first-order valence-electron chi connectivity index (χ1n) is 4.87. The molecular formula is C11H11Cl3O3. The van der Waals surface area contributed by atoms with Crippen molar-refractivity contribution < 1.29 is 14.6 Å². The quantitative estimate of drug-likeness (QED) is 0.850. The van der Waals surface area contributed by atoms with Crippen molar-refractivity contribution in [2.45, 2.75) is 20.0 Å². The maximum absolute atomic E-state index is 11.0. The van der Waals surface area contributed by atoms with E-state index in [0.717, 1.165) is 0 Å². The molecule has 0 saturated heterocycles. The molecular weight excluding hydrogens is 286 g/mol. The van der Waals surface area contributed by atoms with Crippen molar-refractivity contribution in [3.8, 4) is 5.75 Å². The van der Waals surface area contributed by atoms with Crippen molar-refractivity contribution in [3.05, 3.63) is 27.2 Å². The molecule has 0 fully saturated rings. The van der Waals surface area contributed by atoms with Gasteiger partial charge >= 0.3 is 5.97 Å². The summed E-state index contributed by atoms with van der Waals surface area (Å²) in [6, 6.07) is 2.82. The van der Waals surface area contributed by atoms with Crippen molar-refractivity contribution >= 4 is 40.8 Å². The highest BCUT2D eigenvalue weighted by molar-refractivity contribution is 6.43. The molecule has 0 heterocycles. The van der Waals surface area contributed by atoms with Crippen LogP contribution in [0.4, 0.5) is 0 Å². The zero-order valence-electron chi connectivity index (χ0n) is 9.21. The Morgan fingerprint density at radius 2 is 1.71 bits per heavy atom. The lowest BCUT2D eigenvalue weighted by Gasteiger charge is -2.19. The number of aliphatic carboxylic acids is 1. The van der Waals surface area contributed by atoms with Gasteiger partial charge in [-0.15, -0.1) is 0 Å². The van der Waals surface area contributed by atoms with Crippen LogP contribution in [0.3, 0.4) is 0 Å². The van der Waals surface area contributed by atoms with Crippen LogP contribution in [0, 0.1) is 5.92 Å². The molecule has 0 saturated carbocycles. The lowest BCUT2D eigenvalue weighted by atomic mass is 10.1. The van der Waals surface area contributed by atoms with Crippen molar-refractivity contribution in [3.63, 3.8) is 0 Å². The van der Waals surface area contributed by atoms with E-state index in [0.29, 0.717) is 5.02 Å². The Balaban J connectivity index is 3.01. The molecule has 0 aromatic heterocycles. The molecule has 1 N–H and O–H groups in total. The maximum atomic E-state index is 11.0. The first-order chi connectivity index (χ1) is 7.82. The second-order valence-corrected chi connectivity index (χ2v) is 5.04. The molecule has 0 bridgehead atoms. The number of carboxylic acids is 1. The van der Waals surface area contributed by atoms with Crippen molar-refractivity contribution in [1.29, 1.82) is 0 Å². The van der Waals surface area contributed by atoms with Gasteiger partial charge in [-0.25, -0.2) is 4.79 Å². The first-order valence-corrected chi connectivity index (χ1v) is 6.00. The molecule has 1 aromatic rings. The van der Waals surface area contributed by atoms with Crippen LogP contribution in [0.1, 0.15) is 13.8 Å². The largest absolute Gasteiger partial charge is 0.478 e. The lowest BCUT2D eigenvalue weighted by molar-refractivity contribution is -0.147. The number of hydrogen-bond donors (Lipinski definition) is 1. The van der Waals surface area contributed by atoms with Crippen LogP contribution in [0.5, 0.6) is 5.75 Å². The van der Waals surface area contributed by atoms with Gasteiger partial charge < -0.3 is 9.84 Å². The predicted molar refractivity (Wildman–Crippen MR) is 68.4 cm³/mol. The summed E-state index contributed by atoms with van der Waals surface area (Å²) in [5.41, 5.74) is 0. The van der Waals surface area contributed by atoms with E-state index in [-0.39, 0.29) is 21.7 Å². The van der Waals surface area contributed by atoms with E-state index in [2.05, 4.69) is 0 Å². The van der Waals surface area contributed by atoms with Gasteiger partial charge in [0.1, 0.15) is 5.75 Å². The van der Waals surface area contributed by atoms with Crippen molar-refractivity contribution in [2.75, 3.05) is 0 Å². The highest BCUT2D eigenvalue weighted by Gasteiger charge is 2.24. The number of rotatable bonds is 4. The topological polar surface area (TPSA) is 46.5 Å². The van der Waals surface area contributed by atoms with Gasteiger partial charge in [0.25, 0.3) is 0 Å². The van der Waals surface area contributed by atoms with Crippen molar-refractivity contribution in [2.24, 2.45) is 5.92 Å². The molecule has 6 heteroatoms. The molecule has 1 atom stereocenters. The summed E-state index contributed by atoms with van der Waals surface area (Å²) in [7, 11) is 0. The Labute approximate surface area is 114 Å². The number of halogens is 3. The number of carboxylic acid groups (broad SMARTS) is 1. The normalized spacial score (nSPS) is 12.6. The van der Waals surface area contributed by atoms with Crippen LogP contribution in [0.15, 0.2) is 12.1 Å². The van der Waals surface area contributed by atoms with E-state index in [1.807, 2.05) is 0 Å². The van der Waals surface area contributed by atoms with Crippen LogP contribution in [-0.2, 0) is 4.79 Å². The Bertz CT molecular complexity index is 432. The van der Waals surface area contributed by atoms with E-state index in [9.17, 15) is 4.79 Å². The van der Waals surface area contributed by atoms with Crippen LogP contribution >= 0.6 is 34.8 Å². The van der Waals surface area contributed by atoms with Gasteiger partial charge in [-0.05, 0) is 6.07 Å². The highest BCUT2D eigenvalue weighted by atomic mass is 35.5. The Morgan fingerprint density at radius 1 is 1.18 bits per heavy atom. The minimum absolute atomic E-state index is 0.196. The maximum Gasteiger partial charge on any atom is 0.345 e. The molecule has 1 aromatic carbocycles. The molecule has 0 spiro atoms. The molecule has 0 aliphatic rings. The summed E-state index contributed by atoms with van der Waals surface area (Å²) in [5, 5.41) is 9.78. The summed E-state index contributed by atoms with van der Waals surface area (Å²) in [4.78, 5) is 11.0. The Kier molecular flexibility index (Phi) is 4.92. The second kappa shape index (κ2) is 5.80. The Morgan fingerprint density at radius 3 is 2.18 bits per heavy atom. The number of hydrogen-bond acceptors (Lipinski definition) is 2. The van der Waals surface area contributed by atoms with Gasteiger partial charge in [-0.3, -0.25) is 0 Å². The average molecular weight is 298 g/mol. The Hall–Kier alpha value is -0.640. The minimum atomic E-state index is -1.05. The molecule has 17 heavy (non-hydrogen) atoms. The molecule has 0 aliphatic carbocycles. The van der Waals surface area contributed by atoms with Crippen LogP contribution in [0.25, 0.3) is 0 Å². The fourth-order valence-electron chi connectivity index (χ4n) is 1.20. The van der Waals surface area contributed by atoms with Gasteiger partial charge in [0.2, 0.25) is 0 Å².